The fourth-order valence-corrected chi connectivity index (χ4v) is 10.0. The number of benzene rings is 2. The number of fused-ring (bicyclic) bond motifs is 1. The highest BCUT2D eigenvalue weighted by molar-refractivity contribution is 7.07. The summed E-state index contributed by atoms with van der Waals surface area (Å²) >= 11 is 0. The van der Waals surface area contributed by atoms with E-state index in [2.05, 4.69) is 43.4 Å². The summed E-state index contributed by atoms with van der Waals surface area (Å²) in [6, 6.07) is 15.9. The Morgan fingerprint density at radius 1 is 0.862 bits per heavy atom. The van der Waals surface area contributed by atoms with Crippen LogP contribution in [-0.2, 0) is 6.18 Å². The van der Waals surface area contributed by atoms with E-state index in [4.69, 9.17) is 0 Å². The number of pyridine rings is 1. The maximum atomic E-state index is 13.9. The molecule has 0 radical (unpaired) electrons. The van der Waals surface area contributed by atoms with Gasteiger partial charge in [-0.2, -0.15) is 13.2 Å². The Balaban J connectivity index is 2.33. The molecule has 0 fully saturated rings. The van der Waals surface area contributed by atoms with Crippen LogP contribution in [0.1, 0.15) is 11.1 Å². The molecule has 0 saturated carbocycles. The van der Waals surface area contributed by atoms with Crippen molar-refractivity contribution >= 4 is 37.4 Å². The summed E-state index contributed by atoms with van der Waals surface area (Å²) in [6.45, 7) is 10.8. The first-order chi connectivity index (χ1) is 13.4. The molecule has 3 rings (SSSR count). The maximum Gasteiger partial charge on any atom is 0.416 e. The molecule has 0 aliphatic heterocycles. The minimum absolute atomic E-state index is 0.312. The van der Waals surface area contributed by atoms with Gasteiger partial charge < -0.3 is 0 Å². The zero-order valence-corrected chi connectivity index (χ0v) is 19.4. The summed E-state index contributed by atoms with van der Waals surface area (Å²) in [5.41, 5.74) is 2.80. The Labute approximate surface area is 172 Å². The lowest BCUT2D eigenvalue weighted by atomic mass is 10.1. The molecule has 0 aliphatic carbocycles. The lowest BCUT2D eigenvalue weighted by molar-refractivity contribution is -0.137. The first kappa shape index (κ1) is 21.5. The van der Waals surface area contributed by atoms with Crippen molar-refractivity contribution < 1.29 is 13.2 Å². The van der Waals surface area contributed by atoms with Crippen LogP contribution in [0.2, 0.25) is 32.7 Å². The third-order valence-electron chi connectivity index (χ3n) is 5.08. The summed E-state index contributed by atoms with van der Waals surface area (Å²) in [5, 5.41) is 2.93. The molecule has 152 valence electrons. The largest absolute Gasteiger partial charge is 0.416 e. The number of hydrogen-bond donors (Lipinski definition) is 0. The second-order valence-corrected chi connectivity index (χ2v) is 18.3. The molecule has 0 N–H and O–H groups in total. The first-order valence-corrected chi connectivity index (χ1v) is 16.2. The van der Waals surface area contributed by atoms with E-state index in [1.165, 1.54) is 12.1 Å². The predicted molar refractivity (Wildman–Crippen MR) is 122 cm³/mol. The van der Waals surface area contributed by atoms with E-state index in [0.717, 1.165) is 21.3 Å². The van der Waals surface area contributed by atoms with Crippen LogP contribution in [0.25, 0.3) is 16.1 Å². The Morgan fingerprint density at radius 3 is 2.17 bits per heavy atom. The van der Waals surface area contributed by atoms with E-state index in [1.54, 1.807) is 18.3 Å². The average molecular weight is 430 g/mol. The van der Waals surface area contributed by atoms with E-state index >= 15 is 0 Å². The SMILES string of the molecule is C[Si](C)(C)/C=C(\c1ccccc1C(F)(F)F)[Si](C)(C)c1cccc2cccnc12. The van der Waals surface area contributed by atoms with Gasteiger partial charge in [0.1, 0.15) is 8.07 Å². The molecule has 0 atom stereocenters. The van der Waals surface area contributed by atoms with Gasteiger partial charge >= 0.3 is 6.18 Å². The minimum atomic E-state index is -4.39. The molecule has 0 aliphatic rings. The van der Waals surface area contributed by atoms with E-state index in [-0.39, 0.29) is 0 Å². The molecule has 1 aromatic heterocycles. The van der Waals surface area contributed by atoms with Gasteiger partial charge in [-0.05, 0) is 22.9 Å². The highest BCUT2D eigenvalue weighted by Gasteiger charge is 2.39. The number of hydrogen-bond acceptors (Lipinski definition) is 1. The van der Waals surface area contributed by atoms with Gasteiger partial charge in [0, 0.05) is 11.6 Å². The molecule has 0 saturated heterocycles. The van der Waals surface area contributed by atoms with Crippen LogP contribution in [0.5, 0.6) is 0 Å². The number of para-hydroxylation sites is 1. The second-order valence-electron chi connectivity index (χ2n) is 8.97. The fraction of sp³-hybridized carbons (Fsp3) is 0.261. The topological polar surface area (TPSA) is 12.9 Å². The molecule has 2 aromatic carbocycles. The molecular formula is C23H26F3NSi2. The van der Waals surface area contributed by atoms with Crippen molar-refractivity contribution in [2.24, 2.45) is 0 Å². The van der Waals surface area contributed by atoms with Crippen molar-refractivity contribution in [1.82, 2.24) is 4.98 Å². The molecular weight excluding hydrogens is 403 g/mol. The molecule has 3 aromatic rings. The summed E-state index contributed by atoms with van der Waals surface area (Å²) in [4.78, 5) is 4.59. The van der Waals surface area contributed by atoms with E-state index in [9.17, 15) is 13.2 Å². The molecule has 6 heteroatoms. The van der Waals surface area contributed by atoms with E-state index in [1.807, 2.05) is 30.3 Å². The van der Waals surface area contributed by atoms with Crippen molar-refractivity contribution in [2.45, 2.75) is 38.9 Å². The molecule has 0 unspecified atom stereocenters. The standard InChI is InChI=1S/C23H26F3NSi2/c1-28(2,3)16-21(18-12-6-7-13-19(18)23(24,25)26)29(4,5)20-14-8-10-17-11-9-15-27-22(17)20/h6-16H,1-5H3/b21-16+. The van der Waals surface area contributed by atoms with Crippen LogP contribution in [0.3, 0.4) is 0 Å². The van der Waals surface area contributed by atoms with Crippen LogP contribution < -0.4 is 5.19 Å². The smallest absolute Gasteiger partial charge is 0.256 e. The third-order valence-corrected chi connectivity index (χ3v) is 10.0. The lowest BCUT2D eigenvalue weighted by Crippen LogP contribution is -2.45. The van der Waals surface area contributed by atoms with Crippen molar-refractivity contribution in [3.8, 4) is 0 Å². The number of rotatable bonds is 4. The number of aromatic nitrogens is 1. The van der Waals surface area contributed by atoms with Crippen LogP contribution in [0.15, 0.2) is 66.5 Å². The van der Waals surface area contributed by atoms with Crippen LogP contribution >= 0.6 is 0 Å². The van der Waals surface area contributed by atoms with Gasteiger partial charge in [0.25, 0.3) is 0 Å². The van der Waals surface area contributed by atoms with Gasteiger partial charge in [-0.25, -0.2) is 0 Å². The second kappa shape index (κ2) is 7.57. The van der Waals surface area contributed by atoms with Gasteiger partial charge in [-0.15, -0.1) is 0 Å². The van der Waals surface area contributed by atoms with Crippen molar-refractivity contribution in [2.75, 3.05) is 0 Å². The zero-order valence-electron chi connectivity index (χ0n) is 17.4. The van der Waals surface area contributed by atoms with E-state index < -0.39 is 27.9 Å². The van der Waals surface area contributed by atoms with Gasteiger partial charge in [0.2, 0.25) is 0 Å². The summed E-state index contributed by atoms with van der Waals surface area (Å²) in [6.07, 6.45) is -2.64. The van der Waals surface area contributed by atoms with Gasteiger partial charge in [-0.3, -0.25) is 4.98 Å². The zero-order chi connectivity index (χ0) is 21.4. The molecule has 0 spiro atoms. The highest BCUT2D eigenvalue weighted by atomic mass is 28.3. The normalized spacial score (nSPS) is 13.7. The monoisotopic (exact) mass is 429 g/mol. The lowest BCUT2D eigenvalue weighted by Gasteiger charge is -2.31. The Bertz CT molecular complexity index is 1060. The average Bonchev–Trinajstić information content (AvgIpc) is 2.64. The molecule has 1 nitrogen and oxygen atoms in total. The Hall–Kier alpha value is -2.19. The maximum absolute atomic E-state index is 13.9. The van der Waals surface area contributed by atoms with Gasteiger partial charge in [0.05, 0.1) is 19.2 Å². The van der Waals surface area contributed by atoms with Crippen LogP contribution in [0, 0.1) is 0 Å². The number of halogens is 3. The fourth-order valence-electron chi connectivity index (χ4n) is 3.75. The Kier molecular flexibility index (Phi) is 5.62. The third kappa shape index (κ3) is 4.54. The number of nitrogens with zero attached hydrogens (tertiary/aromatic N) is 1. The molecule has 1 heterocycles. The molecule has 29 heavy (non-hydrogen) atoms. The highest BCUT2D eigenvalue weighted by Crippen LogP contribution is 2.39. The first-order valence-electron chi connectivity index (χ1n) is 9.65. The minimum Gasteiger partial charge on any atom is -0.256 e. The van der Waals surface area contributed by atoms with Gasteiger partial charge in [0.15, 0.2) is 0 Å². The van der Waals surface area contributed by atoms with Gasteiger partial charge in [-0.1, -0.05) is 86.1 Å². The number of alkyl halides is 3. The quantitative estimate of drug-likeness (QED) is 0.422. The van der Waals surface area contributed by atoms with Crippen molar-refractivity contribution in [3.63, 3.8) is 0 Å². The summed E-state index contributed by atoms with van der Waals surface area (Å²) in [7, 11) is -4.31. The van der Waals surface area contributed by atoms with Crippen molar-refractivity contribution in [3.05, 3.63) is 77.6 Å². The van der Waals surface area contributed by atoms with Crippen LogP contribution in [0.4, 0.5) is 13.2 Å². The van der Waals surface area contributed by atoms with Crippen LogP contribution in [-0.4, -0.2) is 21.1 Å². The summed E-state index contributed by atoms with van der Waals surface area (Å²) in [5.74, 6) is 0. The predicted octanol–water partition coefficient (Wildman–Crippen LogP) is 6.67. The Morgan fingerprint density at radius 2 is 1.52 bits per heavy atom. The molecule has 0 amide bonds. The van der Waals surface area contributed by atoms with E-state index in [0.29, 0.717) is 5.56 Å². The van der Waals surface area contributed by atoms with Crippen molar-refractivity contribution in [1.29, 1.82) is 0 Å². The molecule has 0 bridgehead atoms. The summed E-state index contributed by atoms with van der Waals surface area (Å²) < 4.78 is 41.6.